The zero-order valence-corrected chi connectivity index (χ0v) is 19.9. The number of carbonyl (C=O) groups excluding carboxylic acids is 1. The molecule has 35 heavy (non-hydrogen) atoms. The van der Waals surface area contributed by atoms with Crippen LogP contribution < -0.4 is 4.72 Å². The van der Waals surface area contributed by atoms with E-state index in [0.29, 0.717) is 23.8 Å². The third-order valence-corrected chi connectivity index (χ3v) is 8.19. The number of halogens is 3. The molecule has 2 aromatic carbocycles. The SMILES string of the molecule is CN(CCNS(=O)(=O)c1cc(S(=O)(=O)c2ccccc2)ccc1C(F)(F)F)C(=O)c1ccncc1. The Morgan fingerprint density at radius 3 is 2.17 bits per heavy atom. The van der Waals surface area contributed by atoms with Gasteiger partial charge in [-0.3, -0.25) is 9.78 Å². The lowest BCUT2D eigenvalue weighted by Crippen LogP contribution is -2.36. The summed E-state index contributed by atoms with van der Waals surface area (Å²) < 4.78 is 94.1. The Hall–Kier alpha value is -3.29. The Morgan fingerprint density at radius 2 is 1.57 bits per heavy atom. The van der Waals surface area contributed by atoms with E-state index in [1.54, 1.807) is 6.07 Å². The Kier molecular flexibility index (Phi) is 7.62. The minimum Gasteiger partial charge on any atom is -0.340 e. The summed E-state index contributed by atoms with van der Waals surface area (Å²) in [6, 6.07) is 11.4. The number of pyridine rings is 1. The van der Waals surface area contributed by atoms with Crippen LogP contribution in [0.5, 0.6) is 0 Å². The van der Waals surface area contributed by atoms with Gasteiger partial charge in [0.2, 0.25) is 19.9 Å². The van der Waals surface area contributed by atoms with Crippen molar-refractivity contribution in [1.29, 1.82) is 0 Å². The molecule has 0 saturated heterocycles. The smallest absolute Gasteiger partial charge is 0.340 e. The average molecular weight is 528 g/mol. The van der Waals surface area contributed by atoms with Gasteiger partial charge in [0.1, 0.15) is 0 Å². The van der Waals surface area contributed by atoms with Gasteiger partial charge in [0.15, 0.2) is 0 Å². The number of sulfonamides is 1. The van der Waals surface area contributed by atoms with E-state index in [9.17, 15) is 34.8 Å². The van der Waals surface area contributed by atoms with Gasteiger partial charge >= 0.3 is 6.18 Å². The van der Waals surface area contributed by atoms with Gasteiger partial charge in [-0.2, -0.15) is 13.2 Å². The molecule has 0 radical (unpaired) electrons. The summed E-state index contributed by atoms with van der Waals surface area (Å²) in [6.07, 6.45) is -2.26. The highest BCUT2D eigenvalue weighted by Gasteiger charge is 2.38. The first-order chi connectivity index (χ1) is 16.3. The van der Waals surface area contributed by atoms with Crippen LogP contribution in [0.15, 0.2) is 87.7 Å². The van der Waals surface area contributed by atoms with Crippen LogP contribution >= 0.6 is 0 Å². The van der Waals surface area contributed by atoms with Crippen LogP contribution in [0.1, 0.15) is 15.9 Å². The number of rotatable bonds is 8. The monoisotopic (exact) mass is 527 g/mol. The molecule has 0 spiro atoms. The van der Waals surface area contributed by atoms with Gasteiger partial charge in [-0.05, 0) is 42.5 Å². The summed E-state index contributed by atoms with van der Waals surface area (Å²) in [7, 11) is -7.69. The number of amides is 1. The molecule has 1 aromatic heterocycles. The highest BCUT2D eigenvalue weighted by atomic mass is 32.2. The van der Waals surface area contributed by atoms with E-state index in [1.807, 2.05) is 4.72 Å². The molecule has 0 aliphatic heterocycles. The number of nitrogens with one attached hydrogen (secondary N) is 1. The van der Waals surface area contributed by atoms with E-state index in [-0.39, 0.29) is 11.4 Å². The second-order valence-electron chi connectivity index (χ2n) is 7.33. The van der Waals surface area contributed by atoms with Crippen molar-refractivity contribution < 1.29 is 34.8 Å². The highest BCUT2D eigenvalue weighted by Crippen LogP contribution is 2.36. The molecule has 3 rings (SSSR count). The Bertz CT molecular complexity index is 1410. The first-order valence-electron chi connectivity index (χ1n) is 10.0. The van der Waals surface area contributed by atoms with Gasteiger partial charge in [-0.1, -0.05) is 18.2 Å². The molecule has 8 nitrogen and oxygen atoms in total. The number of aromatic nitrogens is 1. The predicted octanol–water partition coefficient (Wildman–Crippen LogP) is 2.98. The lowest BCUT2D eigenvalue weighted by Gasteiger charge is -2.19. The fourth-order valence-electron chi connectivity index (χ4n) is 3.10. The zero-order chi connectivity index (χ0) is 25.9. The maximum Gasteiger partial charge on any atom is 0.417 e. The molecule has 0 unspecified atom stereocenters. The second kappa shape index (κ2) is 10.1. The number of sulfone groups is 1. The van der Waals surface area contributed by atoms with E-state index in [4.69, 9.17) is 0 Å². The summed E-state index contributed by atoms with van der Waals surface area (Å²) in [5, 5.41) is 0. The van der Waals surface area contributed by atoms with Crippen molar-refractivity contribution in [1.82, 2.24) is 14.6 Å². The van der Waals surface area contributed by atoms with E-state index in [1.165, 1.54) is 60.7 Å². The summed E-state index contributed by atoms with van der Waals surface area (Å²) >= 11 is 0. The van der Waals surface area contributed by atoms with Gasteiger partial charge < -0.3 is 4.90 Å². The summed E-state index contributed by atoms with van der Waals surface area (Å²) in [6.45, 7) is -0.577. The van der Waals surface area contributed by atoms with E-state index in [0.717, 1.165) is 0 Å². The number of likely N-dealkylation sites (N-methyl/N-ethyl adjacent to an activating group) is 1. The molecule has 1 amide bonds. The molecule has 1 N–H and O–H groups in total. The maximum atomic E-state index is 13.6. The number of benzene rings is 2. The largest absolute Gasteiger partial charge is 0.417 e. The lowest BCUT2D eigenvalue weighted by molar-refractivity contribution is -0.139. The molecule has 3 aromatic rings. The minimum absolute atomic E-state index is 0.163. The van der Waals surface area contributed by atoms with Gasteiger partial charge in [-0.15, -0.1) is 0 Å². The average Bonchev–Trinajstić information content (AvgIpc) is 2.83. The number of alkyl halides is 3. The first-order valence-corrected chi connectivity index (χ1v) is 13.0. The minimum atomic E-state index is -5.06. The standard InChI is InChI=1S/C22H20F3N3O5S2/c1-28(21(29)16-9-11-26-12-10-16)14-13-27-35(32,33)20-15-18(7-8-19(20)22(23,24)25)34(30,31)17-5-3-2-4-6-17/h2-12,15,27H,13-14H2,1H3. The third kappa shape index (κ3) is 6.05. The van der Waals surface area contributed by atoms with Crippen molar-refractivity contribution in [2.75, 3.05) is 20.1 Å². The summed E-state index contributed by atoms with van der Waals surface area (Å²) in [4.78, 5) is 15.3. The molecular formula is C22H20F3N3O5S2. The van der Waals surface area contributed by atoms with E-state index in [2.05, 4.69) is 4.98 Å². The van der Waals surface area contributed by atoms with E-state index >= 15 is 0 Å². The number of hydrogen-bond acceptors (Lipinski definition) is 6. The molecule has 13 heteroatoms. The second-order valence-corrected chi connectivity index (χ2v) is 11.0. The Balaban J connectivity index is 1.88. The molecule has 186 valence electrons. The molecule has 0 atom stereocenters. The number of nitrogens with zero attached hydrogens (tertiary/aromatic N) is 2. The van der Waals surface area contributed by atoms with Crippen LogP contribution in [0.3, 0.4) is 0 Å². The van der Waals surface area contributed by atoms with Crippen LogP contribution in [0.2, 0.25) is 0 Å². The van der Waals surface area contributed by atoms with Crippen LogP contribution in [0.4, 0.5) is 13.2 Å². The maximum absolute atomic E-state index is 13.6. The number of hydrogen-bond donors (Lipinski definition) is 1. The van der Waals surface area contributed by atoms with Crippen molar-refractivity contribution in [2.45, 2.75) is 20.9 Å². The Morgan fingerprint density at radius 1 is 0.943 bits per heavy atom. The molecule has 0 aliphatic rings. The fourth-order valence-corrected chi connectivity index (χ4v) is 5.76. The van der Waals surface area contributed by atoms with Crippen molar-refractivity contribution in [3.8, 4) is 0 Å². The normalized spacial score (nSPS) is 12.3. The quantitative estimate of drug-likeness (QED) is 0.482. The van der Waals surface area contributed by atoms with E-state index < -0.39 is 53.8 Å². The molecule has 0 saturated carbocycles. The molecule has 0 aliphatic carbocycles. The fraction of sp³-hybridized carbons (Fsp3) is 0.182. The molecular weight excluding hydrogens is 507 g/mol. The van der Waals surface area contributed by atoms with Crippen molar-refractivity contribution in [3.05, 3.63) is 84.2 Å². The van der Waals surface area contributed by atoms with Crippen LogP contribution in [0.25, 0.3) is 0 Å². The molecule has 1 heterocycles. The summed E-state index contributed by atoms with van der Waals surface area (Å²) in [5.41, 5.74) is -1.22. The van der Waals surface area contributed by atoms with Crippen molar-refractivity contribution >= 4 is 25.8 Å². The predicted molar refractivity (Wildman–Crippen MR) is 120 cm³/mol. The summed E-state index contributed by atoms with van der Waals surface area (Å²) in [5.74, 6) is -0.446. The van der Waals surface area contributed by atoms with Crippen LogP contribution in [-0.4, -0.2) is 52.8 Å². The van der Waals surface area contributed by atoms with Crippen LogP contribution in [0, 0.1) is 0 Å². The van der Waals surface area contributed by atoms with Gasteiger partial charge in [0, 0.05) is 38.1 Å². The lowest BCUT2D eigenvalue weighted by atomic mass is 10.2. The molecule has 0 bridgehead atoms. The third-order valence-electron chi connectivity index (χ3n) is 4.93. The van der Waals surface area contributed by atoms with Gasteiger partial charge in [0.25, 0.3) is 5.91 Å². The topological polar surface area (TPSA) is 114 Å². The first kappa shape index (κ1) is 26.3. The van der Waals surface area contributed by atoms with Gasteiger partial charge in [-0.25, -0.2) is 21.6 Å². The zero-order valence-electron chi connectivity index (χ0n) is 18.2. The molecule has 0 fully saturated rings. The van der Waals surface area contributed by atoms with Crippen molar-refractivity contribution in [2.24, 2.45) is 0 Å². The highest BCUT2D eigenvalue weighted by molar-refractivity contribution is 7.91. The van der Waals surface area contributed by atoms with Gasteiger partial charge in [0.05, 0.1) is 20.2 Å². The van der Waals surface area contributed by atoms with Crippen LogP contribution in [-0.2, 0) is 26.0 Å². The number of carbonyl (C=O) groups is 1. The Labute approximate surface area is 200 Å². The van der Waals surface area contributed by atoms with Crippen molar-refractivity contribution in [3.63, 3.8) is 0 Å².